The van der Waals surface area contributed by atoms with Gasteiger partial charge in [-0.15, -0.1) is 0 Å². The van der Waals surface area contributed by atoms with Gasteiger partial charge < -0.3 is 5.32 Å². The SMILES string of the molecule is CC(=O)Nc1nc2ccc(-c3cccc(N(C)S(=O)(=O)c4ccc(C)cc4)n3)cc2s1. The Bertz CT molecular complexity index is 1380. The molecule has 0 aliphatic rings. The number of benzene rings is 2. The van der Waals surface area contributed by atoms with E-state index in [0.29, 0.717) is 16.6 Å². The van der Waals surface area contributed by atoms with Crippen molar-refractivity contribution in [2.45, 2.75) is 18.7 Å². The van der Waals surface area contributed by atoms with Gasteiger partial charge in [-0.3, -0.25) is 9.10 Å². The molecule has 4 aromatic rings. The number of aromatic nitrogens is 2. The summed E-state index contributed by atoms with van der Waals surface area (Å²) in [6, 6.07) is 17.6. The number of carbonyl (C=O) groups excluding carboxylic acids is 1. The lowest BCUT2D eigenvalue weighted by molar-refractivity contribution is -0.114. The summed E-state index contributed by atoms with van der Waals surface area (Å²) in [5, 5.41) is 3.23. The van der Waals surface area contributed by atoms with Gasteiger partial charge in [0.15, 0.2) is 5.13 Å². The highest BCUT2D eigenvalue weighted by Gasteiger charge is 2.22. The summed E-state index contributed by atoms with van der Waals surface area (Å²) in [4.78, 5) is 20.4. The summed E-state index contributed by atoms with van der Waals surface area (Å²) < 4.78 is 28.1. The van der Waals surface area contributed by atoms with Crippen molar-refractivity contribution < 1.29 is 13.2 Å². The Morgan fingerprint density at radius 2 is 1.77 bits per heavy atom. The van der Waals surface area contributed by atoms with E-state index in [2.05, 4.69) is 15.3 Å². The van der Waals surface area contributed by atoms with E-state index < -0.39 is 10.0 Å². The zero-order valence-corrected chi connectivity index (χ0v) is 18.8. The first-order valence-corrected chi connectivity index (χ1v) is 11.7. The highest BCUT2D eigenvalue weighted by molar-refractivity contribution is 7.92. The Hall–Kier alpha value is -3.30. The van der Waals surface area contributed by atoms with Crippen molar-refractivity contribution in [3.05, 3.63) is 66.2 Å². The average molecular weight is 453 g/mol. The number of fused-ring (bicyclic) bond motifs is 1. The Labute approximate surface area is 184 Å². The Kier molecular flexibility index (Phi) is 5.47. The number of amides is 1. The molecule has 31 heavy (non-hydrogen) atoms. The molecule has 0 saturated heterocycles. The summed E-state index contributed by atoms with van der Waals surface area (Å²) in [6.45, 7) is 3.35. The standard InChI is InChI=1S/C22H20N4O3S2/c1-14-7-10-17(11-8-14)31(28,29)26(3)21-6-4-5-18(24-21)16-9-12-19-20(13-16)30-22(25-19)23-15(2)27/h4-13H,1-3H3,(H,23,25,27). The summed E-state index contributed by atoms with van der Waals surface area (Å²) in [6.07, 6.45) is 0. The fourth-order valence-corrected chi connectivity index (χ4v) is 5.13. The van der Waals surface area contributed by atoms with E-state index in [4.69, 9.17) is 0 Å². The number of hydrogen-bond donors (Lipinski definition) is 1. The van der Waals surface area contributed by atoms with E-state index in [9.17, 15) is 13.2 Å². The lowest BCUT2D eigenvalue weighted by atomic mass is 10.1. The van der Waals surface area contributed by atoms with Crippen molar-refractivity contribution in [2.24, 2.45) is 0 Å². The molecule has 158 valence electrons. The first kappa shape index (κ1) is 21.0. The number of nitrogens with one attached hydrogen (secondary N) is 1. The van der Waals surface area contributed by atoms with Crippen molar-refractivity contribution in [3.8, 4) is 11.3 Å². The first-order valence-electron chi connectivity index (χ1n) is 9.45. The molecule has 0 aliphatic heterocycles. The van der Waals surface area contributed by atoms with Gasteiger partial charge in [-0.2, -0.15) is 0 Å². The van der Waals surface area contributed by atoms with E-state index in [1.54, 1.807) is 36.4 Å². The van der Waals surface area contributed by atoms with Gasteiger partial charge in [0.25, 0.3) is 10.0 Å². The van der Waals surface area contributed by atoms with Gasteiger partial charge in [0.05, 0.1) is 20.8 Å². The maximum Gasteiger partial charge on any atom is 0.265 e. The van der Waals surface area contributed by atoms with E-state index in [1.165, 1.54) is 29.6 Å². The molecule has 0 aliphatic carbocycles. The normalized spacial score (nSPS) is 11.5. The third kappa shape index (κ3) is 4.28. The number of rotatable bonds is 5. The maximum absolute atomic E-state index is 13.0. The zero-order valence-electron chi connectivity index (χ0n) is 17.2. The van der Waals surface area contributed by atoms with Gasteiger partial charge in [0.1, 0.15) is 5.82 Å². The molecule has 0 spiro atoms. The number of hydrogen-bond acceptors (Lipinski definition) is 6. The molecule has 2 heterocycles. The largest absolute Gasteiger partial charge is 0.302 e. The second-order valence-corrected chi connectivity index (χ2v) is 10.0. The van der Waals surface area contributed by atoms with Crippen molar-refractivity contribution in [1.29, 1.82) is 0 Å². The smallest absolute Gasteiger partial charge is 0.265 e. The second kappa shape index (κ2) is 8.09. The average Bonchev–Trinajstić information content (AvgIpc) is 3.14. The number of nitrogens with zero attached hydrogens (tertiary/aromatic N) is 3. The molecule has 0 fully saturated rings. The van der Waals surface area contributed by atoms with Crippen LogP contribution in [0.4, 0.5) is 10.9 Å². The van der Waals surface area contributed by atoms with Crippen LogP contribution in [0.3, 0.4) is 0 Å². The Balaban J connectivity index is 1.67. The third-order valence-corrected chi connectivity index (χ3v) is 7.41. The predicted octanol–water partition coefficient (Wildman–Crippen LogP) is 4.45. The highest BCUT2D eigenvalue weighted by Crippen LogP contribution is 2.31. The molecule has 7 nitrogen and oxygen atoms in total. The summed E-state index contributed by atoms with van der Waals surface area (Å²) in [5.74, 6) is 0.146. The quantitative estimate of drug-likeness (QED) is 0.483. The Morgan fingerprint density at radius 1 is 1.03 bits per heavy atom. The molecular weight excluding hydrogens is 432 g/mol. The molecule has 9 heteroatoms. The number of carbonyl (C=O) groups is 1. The topological polar surface area (TPSA) is 92.3 Å². The molecule has 2 aromatic carbocycles. The molecule has 1 N–H and O–H groups in total. The summed E-state index contributed by atoms with van der Waals surface area (Å²) in [5.41, 5.74) is 3.22. The summed E-state index contributed by atoms with van der Waals surface area (Å²) >= 11 is 1.37. The van der Waals surface area contributed by atoms with Crippen LogP contribution in [0.25, 0.3) is 21.5 Å². The summed E-state index contributed by atoms with van der Waals surface area (Å²) in [7, 11) is -2.23. The highest BCUT2D eigenvalue weighted by atomic mass is 32.2. The van der Waals surface area contributed by atoms with Crippen LogP contribution in [0.2, 0.25) is 0 Å². The lowest BCUT2D eigenvalue weighted by Gasteiger charge is -2.19. The van der Waals surface area contributed by atoms with E-state index in [0.717, 1.165) is 21.3 Å². The van der Waals surface area contributed by atoms with Gasteiger partial charge in [0.2, 0.25) is 5.91 Å². The van der Waals surface area contributed by atoms with Crippen LogP contribution in [-0.2, 0) is 14.8 Å². The van der Waals surface area contributed by atoms with Gasteiger partial charge in [-0.25, -0.2) is 18.4 Å². The van der Waals surface area contributed by atoms with Crippen molar-refractivity contribution >= 4 is 48.4 Å². The van der Waals surface area contributed by atoms with Gasteiger partial charge in [-0.05, 0) is 43.3 Å². The molecule has 1 amide bonds. The van der Waals surface area contributed by atoms with Crippen molar-refractivity contribution in [2.75, 3.05) is 16.7 Å². The van der Waals surface area contributed by atoms with E-state index >= 15 is 0 Å². The fraction of sp³-hybridized carbons (Fsp3) is 0.136. The van der Waals surface area contributed by atoms with E-state index in [1.807, 2.05) is 31.2 Å². The van der Waals surface area contributed by atoms with Crippen LogP contribution in [0, 0.1) is 6.92 Å². The van der Waals surface area contributed by atoms with E-state index in [-0.39, 0.29) is 10.8 Å². The molecule has 0 radical (unpaired) electrons. The van der Waals surface area contributed by atoms with Crippen LogP contribution in [-0.4, -0.2) is 31.3 Å². The Morgan fingerprint density at radius 3 is 2.48 bits per heavy atom. The number of pyridine rings is 1. The van der Waals surface area contributed by atoms with Crippen LogP contribution < -0.4 is 9.62 Å². The number of aryl methyl sites for hydroxylation is 1. The molecule has 2 aromatic heterocycles. The van der Waals surface area contributed by atoms with Gasteiger partial charge >= 0.3 is 0 Å². The van der Waals surface area contributed by atoms with Crippen molar-refractivity contribution in [1.82, 2.24) is 9.97 Å². The minimum atomic E-state index is -3.73. The van der Waals surface area contributed by atoms with Crippen LogP contribution in [0.15, 0.2) is 65.6 Å². The number of thiazole rings is 1. The monoisotopic (exact) mass is 452 g/mol. The first-order chi connectivity index (χ1) is 14.7. The maximum atomic E-state index is 13.0. The minimum absolute atomic E-state index is 0.175. The molecular formula is C22H20N4O3S2. The fourth-order valence-electron chi connectivity index (χ4n) is 3.04. The molecule has 0 unspecified atom stereocenters. The lowest BCUT2D eigenvalue weighted by Crippen LogP contribution is -2.27. The van der Waals surface area contributed by atoms with Gasteiger partial charge in [-0.1, -0.05) is 41.2 Å². The third-order valence-electron chi connectivity index (χ3n) is 4.70. The van der Waals surface area contributed by atoms with Crippen molar-refractivity contribution in [3.63, 3.8) is 0 Å². The molecule has 0 bridgehead atoms. The van der Waals surface area contributed by atoms with Crippen LogP contribution in [0.1, 0.15) is 12.5 Å². The van der Waals surface area contributed by atoms with Crippen LogP contribution in [0.5, 0.6) is 0 Å². The van der Waals surface area contributed by atoms with Gasteiger partial charge in [0, 0.05) is 19.5 Å². The number of sulfonamides is 1. The molecule has 0 atom stereocenters. The second-order valence-electron chi connectivity index (χ2n) is 7.05. The minimum Gasteiger partial charge on any atom is -0.302 e. The molecule has 4 rings (SSSR count). The predicted molar refractivity (Wildman–Crippen MR) is 124 cm³/mol. The number of anilines is 2. The van der Waals surface area contributed by atoms with Crippen LogP contribution >= 0.6 is 11.3 Å². The zero-order chi connectivity index (χ0) is 22.2. The molecule has 0 saturated carbocycles.